The van der Waals surface area contributed by atoms with Crippen molar-refractivity contribution in [3.63, 3.8) is 0 Å². The SMILES string of the molecule is CC(C)c1cc(C(=O)c2ccccc2F)ccc1C(=O)NC1C2CC3CC1CC(O)(C3)C2. The smallest absolute Gasteiger partial charge is 0.251 e. The van der Waals surface area contributed by atoms with E-state index in [0.29, 0.717) is 28.9 Å². The Labute approximate surface area is 188 Å². The number of amides is 1. The highest BCUT2D eigenvalue weighted by atomic mass is 19.1. The van der Waals surface area contributed by atoms with Crippen molar-refractivity contribution in [2.75, 3.05) is 0 Å². The van der Waals surface area contributed by atoms with Crippen LogP contribution in [0, 0.1) is 23.6 Å². The number of benzene rings is 2. The number of rotatable bonds is 5. The molecule has 0 aliphatic heterocycles. The summed E-state index contributed by atoms with van der Waals surface area (Å²) in [5.74, 6) is 0.228. The fourth-order valence-electron chi connectivity index (χ4n) is 6.64. The first-order valence-corrected chi connectivity index (χ1v) is 11.7. The number of carbonyl (C=O) groups is 2. The number of carbonyl (C=O) groups excluding carboxylic acids is 2. The molecule has 0 spiro atoms. The predicted octanol–water partition coefficient (Wildman–Crippen LogP) is 4.85. The standard InChI is InChI=1S/C27H30FNO3/c1-15(2)22-11-17(25(30)21-5-3-4-6-23(21)28)7-8-20(22)26(31)29-24-18-9-16-10-19(24)14-27(32,12-16)13-18/h3-8,11,15-16,18-19,24,32H,9-10,12-14H2,1-2H3,(H,29,31). The summed E-state index contributed by atoms with van der Waals surface area (Å²) in [5.41, 5.74) is 1.23. The number of ketones is 1. The minimum Gasteiger partial charge on any atom is -0.390 e. The lowest BCUT2D eigenvalue weighted by Crippen LogP contribution is -2.61. The molecule has 2 atom stereocenters. The first-order valence-electron chi connectivity index (χ1n) is 11.7. The van der Waals surface area contributed by atoms with E-state index in [0.717, 1.165) is 37.7 Å². The van der Waals surface area contributed by atoms with Crippen molar-refractivity contribution in [3.8, 4) is 0 Å². The van der Waals surface area contributed by atoms with Crippen LogP contribution in [0.3, 0.4) is 0 Å². The van der Waals surface area contributed by atoms with E-state index < -0.39 is 11.4 Å². The van der Waals surface area contributed by atoms with E-state index in [1.165, 1.54) is 12.1 Å². The summed E-state index contributed by atoms with van der Waals surface area (Å²) in [4.78, 5) is 26.2. The van der Waals surface area contributed by atoms with Crippen LogP contribution < -0.4 is 5.32 Å². The third-order valence-electron chi connectivity index (χ3n) is 7.84. The lowest BCUT2D eigenvalue weighted by atomic mass is 9.52. The number of hydrogen-bond donors (Lipinski definition) is 2. The molecule has 4 bridgehead atoms. The highest BCUT2D eigenvalue weighted by Crippen LogP contribution is 2.55. The predicted molar refractivity (Wildman–Crippen MR) is 120 cm³/mol. The number of hydrogen-bond acceptors (Lipinski definition) is 3. The molecule has 5 heteroatoms. The quantitative estimate of drug-likeness (QED) is 0.660. The molecule has 0 heterocycles. The number of nitrogens with one attached hydrogen (secondary N) is 1. The largest absolute Gasteiger partial charge is 0.390 e. The van der Waals surface area contributed by atoms with Gasteiger partial charge in [0.05, 0.1) is 11.2 Å². The van der Waals surface area contributed by atoms with Gasteiger partial charge in [-0.05, 0) is 85.6 Å². The summed E-state index contributed by atoms with van der Waals surface area (Å²) in [6.07, 6.45) is 4.62. The maximum absolute atomic E-state index is 14.1. The van der Waals surface area contributed by atoms with E-state index in [-0.39, 0.29) is 29.2 Å². The molecule has 2 unspecified atom stereocenters. The Morgan fingerprint density at radius 2 is 1.72 bits per heavy atom. The monoisotopic (exact) mass is 435 g/mol. The van der Waals surface area contributed by atoms with Gasteiger partial charge in [-0.2, -0.15) is 0 Å². The van der Waals surface area contributed by atoms with Gasteiger partial charge in [-0.25, -0.2) is 4.39 Å². The topological polar surface area (TPSA) is 66.4 Å². The van der Waals surface area contributed by atoms with Gasteiger partial charge >= 0.3 is 0 Å². The summed E-state index contributed by atoms with van der Waals surface area (Å²) in [6.45, 7) is 3.98. The molecule has 0 radical (unpaired) electrons. The number of halogens is 1. The molecule has 4 nitrogen and oxygen atoms in total. The van der Waals surface area contributed by atoms with Crippen LogP contribution >= 0.6 is 0 Å². The molecule has 168 valence electrons. The molecule has 0 saturated heterocycles. The first-order chi connectivity index (χ1) is 15.2. The van der Waals surface area contributed by atoms with Crippen LogP contribution in [0.15, 0.2) is 42.5 Å². The van der Waals surface area contributed by atoms with E-state index in [4.69, 9.17) is 0 Å². The van der Waals surface area contributed by atoms with Crippen molar-refractivity contribution in [1.29, 1.82) is 0 Å². The molecule has 1 amide bonds. The van der Waals surface area contributed by atoms with E-state index in [9.17, 15) is 19.1 Å². The molecule has 4 aliphatic rings. The van der Waals surface area contributed by atoms with Gasteiger partial charge in [0.15, 0.2) is 5.78 Å². The van der Waals surface area contributed by atoms with Crippen LogP contribution in [-0.2, 0) is 0 Å². The van der Waals surface area contributed by atoms with Crippen molar-refractivity contribution in [2.45, 2.75) is 63.5 Å². The van der Waals surface area contributed by atoms with Crippen molar-refractivity contribution >= 4 is 11.7 Å². The van der Waals surface area contributed by atoms with Crippen molar-refractivity contribution < 1.29 is 19.1 Å². The molecule has 4 fully saturated rings. The van der Waals surface area contributed by atoms with Crippen molar-refractivity contribution in [1.82, 2.24) is 5.32 Å². The van der Waals surface area contributed by atoms with E-state index in [1.54, 1.807) is 30.3 Å². The Morgan fingerprint density at radius 1 is 1.03 bits per heavy atom. The van der Waals surface area contributed by atoms with E-state index in [1.807, 2.05) is 13.8 Å². The van der Waals surface area contributed by atoms with Crippen LogP contribution in [0.5, 0.6) is 0 Å². The summed E-state index contributed by atoms with van der Waals surface area (Å²) in [7, 11) is 0. The van der Waals surface area contributed by atoms with Gasteiger partial charge < -0.3 is 10.4 Å². The fraction of sp³-hybridized carbons (Fsp3) is 0.481. The zero-order chi connectivity index (χ0) is 22.6. The summed E-state index contributed by atoms with van der Waals surface area (Å²) >= 11 is 0. The third-order valence-corrected chi connectivity index (χ3v) is 7.84. The first kappa shape index (κ1) is 21.3. The average molecular weight is 436 g/mol. The van der Waals surface area contributed by atoms with Crippen LogP contribution in [-0.4, -0.2) is 28.4 Å². The molecule has 32 heavy (non-hydrogen) atoms. The third kappa shape index (κ3) is 3.66. The van der Waals surface area contributed by atoms with Crippen molar-refractivity contribution in [2.24, 2.45) is 17.8 Å². The van der Waals surface area contributed by atoms with Gasteiger partial charge in [-0.1, -0.05) is 32.0 Å². The van der Waals surface area contributed by atoms with Crippen LogP contribution in [0.2, 0.25) is 0 Å². The summed E-state index contributed by atoms with van der Waals surface area (Å²) < 4.78 is 14.1. The molecule has 4 aliphatic carbocycles. The maximum atomic E-state index is 14.1. The highest BCUT2D eigenvalue weighted by Gasteiger charge is 2.55. The van der Waals surface area contributed by atoms with Gasteiger partial charge in [0.1, 0.15) is 5.82 Å². The second kappa shape index (κ2) is 7.80. The maximum Gasteiger partial charge on any atom is 0.251 e. The molecule has 2 aromatic rings. The zero-order valence-corrected chi connectivity index (χ0v) is 18.6. The van der Waals surface area contributed by atoms with Crippen LogP contribution in [0.25, 0.3) is 0 Å². The van der Waals surface area contributed by atoms with Crippen LogP contribution in [0.1, 0.15) is 83.7 Å². The Kier molecular flexibility index (Phi) is 5.20. The van der Waals surface area contributed by atoms with Gasteiger partial charge in [0.2, 0.25) is 0 Å². The molecule has 4 saturated carbocycles. The zero-order valence-electron chi connectivity index (χ0n) is 18.6. The van der Waals surface area contributed by atoms with Gasteiger partial charge in [-0.15, -0.1) is 0 Å². The van der Waals surface area contributed by atoms with Gasteiger partial charge in [0.25, 0.3) is 5.91 Å². The lowest BCUT2D eigenvalue weighted by molar-refractivity contribution is -0.136. The summed E-state index contributed by atoms with van der Waals surface area (Å²) in [5, 5.41) is 14.1. The molecule has 0 aromatic heterocycles. The minimum atomic E-state index is -0.547. The molecule has 2 N–H and O–H groups in total. The molecular formula is C27H30FNO3. The Hall–Kier alpha value is -2.53. The molecular weight excluding hydrogens is 405 g/mol. The average Bonchev–Trinajstić information content (AvgIpc) is 2.74. The second-order valence-electron chi connectivity index (χ2n) is 10.5. The second-order valence-corrected chi connectivity index (χ2v) is 10.5. The number of aliphatic hydroxyl groups is 1. The Bertz CT molecular complexity index is 1060. The minimum absolute atomic E-state index is 0.0309. The van der Waals surface area contributed by atoms with E-state index >= 15 is 0 Å². The van der Waals surface area contributed by atoms with Crippen LogP contribution in [0.4, 0.5) is 4.39 Å². The lowest BCUT2D eigenvalue weighted by Gasteiger charge is -2.58. The molecule has 6 rings (SSSR count). The van der Waals surface area contributed by atoms with Gasteiger partial charge in [0, 0.05) is 17.2 Å². The van der Waals surface area contributed by atoms with Crippen molar-refractivity contribution in [3.05, 3.63) is 70.5 Å². The Morgan fingerprint density at radius 3 is 2.34 bits per heavy atom. The normalized spacial score (nSPS) is 30.5. The van der Waals surface area contributed by atoms with Gasteiger partial charge in [-0.3, -0.25) is 9.59 Å². The fourth-order valence-corrected chi connectivity index (χ4v) is 6.64. The highest BCUT2D eigenvalue weighted by molar-refractivity contribution is 6.10. The van der Waals surface area contributed by atoms with E-state index in [2.05, 4.69) is 5.32 Å². The molecule has 2 aromatic carbocycles. The summed E-state index contributed by atoms with van der Waals surface area (Å²) in [6, 6.07) is 11.1. The Balaban J connectivity index is 1.39.